The fourth-order valence-electron chi connectivity index (χ4n) is 4.42. The fraction of sp³-hybridized carbons (Fsp3) is 0.462. The van der Waals surface area contributed by atoms with Gasteiger partial charge in [0.1, 0.15) is 12.6 Å². The molecule has 0 saturated heterocycles. The van der Waals surface area contributed by atoms with Crippen molar-refractivity contribution in [3.63, 3.8) is 0 Å². The Morgan fingerprint density at radius 1 is 1.09 bits per heavy atom. The lowest BCUT2D eigenvalue weighted by molar-refractivity contribution is -0.139. The molecule has 0 bridgehead atoms. The Morgan fingerprint density at radius 2 is 1.74 bits per heavy atom. The lowest BCUT2D eigenvalue weighted by atomic mass is 9.95. The van der Waals surface area contributed by atoms with Crippen LogP contribution in [0.25, 0.3) is 0 Å². The number of aryl methyl sites for hydroxylation is 1. The maximum Gasteiger partial charge on any atom is 0.244 e. The molecule has 2 aromatic rings. The van der Waals surface area contributed by atoms with Gasteiger partial charge in [-0.3, -0.25) is 13.9 Å². The minimum absolute atomic E-state index is 0.108. The molecule has 1 saturated carbocycles. The minimum atomic E-state index is -3.78. The summed E-state index contributed by atoms with van der Waals surface area (Å²) >= 11 is 6.05. The number of hydrogen-bond acceptors (Lipinski definition) is 4. The van der Waals surface area contributed by atoms with Crippen molar-refractivity contribution < 1.29 is 18.0 Å². The monoisotopic (exact) mass is 519 g/mol. The van der Waals surface area contributed by atoms with Crippen LogP contribution in [-0.2, 0) is 26.2 Å². The van der Waals surface area contributed by atoms with Crippen molar-refractivity contribution in [1.29, 1.82) is 0 Å². The predicted octanol–water partition coefficient (Wildman–Crippen LogP) is 4.28. The molecule has 1 atom stereocenters. The second-order valence-corrected chi connectivity index (χ2v) is 11.6. The molecule has 0 aromatic heterocycles. The van der Waals surface area contributed by atoms with Crippen molar-refractivity contribution in [2.24, 2.45) is 0 Å². The molecule has 1 aliphatic carbocycles. The standard InChI is InChI=1S/C26H34ClN3O4S/c1-19-16-22(27)14-15-24(19)30(35(3,33)34)18-25(31)29(17-21-10-6-4-7-11-21)20(2)26(32)28-23-12-8-5-9-13-23/h4,6-7,10-11,14-16,20,23H,5,8-9,12-13,17-18H2,1-3H3,(H,28,32)/t20-/m1/s1. The van der Waals surface area contributed by atoms with Gasteiger partial charge < -0.3 is 10.2 Å². The molecule has 3 rings (SSSR count). The SMILES string of the molecule is Cc1cc(Cl)ccc1N(CC(=O)N(Cc1ccccc1)[C@H](C)C(=O)NC1CCCCC1)S(C)(=O)=O. The van der Waals surface area contributed by atoms with Gasteiger partial charge in [-0.05, 0) is 56.0 Å². The number of benzene rings is 2. The van der Waals surface area contributed by atoms with Gasteiger partial charge in [-0.25, -0.2) is 8.42 Å². The van der Waals surface area contributed by atoms with E-state index in [9.17, 15) is 18.0 Å². The zero-order valence-corrected chi connectivity index (χ0v) is 22.1. The van der Waals surface area contributed by atoms with E-state index in [0.717, 1.165) is 41.8 Å². The molecule has 2 amide bonds. The summed E-state index contributed by atoms with van der Waals surface area (Å²) in [5, 5.41) is 3.57. The number of hydrogen-bond donors (Lipinski definition) is 1. The van der Waals surface area contributed by atoms with Gasteiger partial charge in [-0.15, -0.1) is 0 Å². The molecule has 0 spiro atoms. The topological polar surface area (TPSA) is 86.8 Å². The molecular weight excluding hydrogens is 486 g/mol. The molecule has 0 radical (unpaired) electrons. The van der Waals surface area contributed by atoms with Gasteiger partial charge in [-0.1, -0.05) is 61.2 Å². The van der Waals surface area contributed by atoms with Crippen LogP contribution in [0, 0.1) is 6.92 Å². The first kappa shape index (κ1) is 27.0. The van der Waals surface area contributed by atoms with E-state index < -0.39 is 28.5 Å². The number of carbonyl (C=O) groups excluding carboxylic acids is 2. The number of nitrogens with zero attached hydrogens (tertiary/aromatic N) is 2. The number of halogens is 1. The summed E-state index contributed by atoms with van der Waals surface area (Å²) in [7, 11) is -3.78. The van der Waals surface area contributed by atoms with Crippen LogP contribution >= 0.6 is 11.6 Å². The van der Waals surface area contributed by atoms with Crippen molar-refractivity contribution in [1.82, 2.24) is 10.2 Å². The number of sulfonamides is 1. The van der Waals surface area contributed by atoms with E-state index in [4.69, 9.17) is 11.6 Å². The summed E-state index contributed by atoms with van der Waals surface area (Å²) in [5.41, 5.74) is 1.87. The third-order valence-corrected chi connectivity index (χ3v) is 7.78. The van der Waals surface area contributed by atoms with Crippen molar-refractivity contribution in [3.8, 4) is 0 Å². The molecule has 1 aliphatic rings. The van der Waals surface area contributed by atoms with E-state index in [1.54, 1.807) is 32.0 Å². The molecule has 0 aliphatic heterocycles. The summed E-state index contributed by atoms with van der Waals surface area (Å²) in [6.45, 7) is 3.20. The molecule has 1 N–H and O–H groups in total. The Morgan fingerprint density at radius 3 is 2.34 bits per heavy atom. The van der Waals surface area contributed by atoms with Gasteiger partial charge in [0, 0.05) is 17.6 Å². The van der Waals surface area contributed by atoms with Gasteiger partial charge in [0.25, 0.3) is 0 Å². The van der Waals surface area contributed by atoms with Gasteiger partial charge in [0.15, 0.2) is 0 Å². The molecule has 0 unspecified atom stereocenters. The zero-order valence-electron chi connectivity index (χ0n) is 20.5. The quantitative estimate of drug-likeness (QED) is 0.535. The van der Waals surface area contributed by atoms with Crippen LogP contribution in [0.1, 0.15) is 50.2 Å². The molecule has 1 fully saturated rings. The summed E-state index contributed by atoms with van der Waals surface area (Å²) in [4.78, 5) is 28.2. The van der Waals surface area contributed by atoms with Crippen LogP contribution in [0.2, 0.25) is 5.02 Å². The Bertz CT molecular complexity index is 1130. The number of amides is 2. The van der Waals surface area contributed by atoms with Crippen LogP contribution in [-0.4, -0.2) is 50.0 Å². The highest BCUT2D eigenvalue weighted by atomic mass is 35.5. The van der Waals surface area contributed by atoms with Crippen molar-refractivity contribution >= 4 is 39.1 Å². The predicted molar refractivity (Wildman–Crippen MR) is 140 cm³/mol. The van der Waals surface area contributed by atoms with Crippen molar-refractivity contribution in [2.75, 3.05) is 17.1 Å². The smallest absolute Gasteiger partial charge is 0.244 e. The highest BCUT2D eigenvalue weighted by molar-refractivity contribution is 7.92. The number of rotatable bonds is 9. The van der Waals surface area contributed by atoms with E-state index in [0.29, 0.717) is 16.3 Å². The van der Waals surface area contributed by atoms with E-state index in [2.05, 4.69) is 5.32 Å². The van der Waals surface area contributed by atoms with Crippen LogP contribution in [0.5, 0.6) is 0 Å². The number of anilines is 1. The van der Waals surface area contributed by atoms with Gasteiger partial charge in [0.05, 0.1) is 11.9 Å². The Balaban J connectivity index is 1.87. The summed E-state index contributed by atoms with van der Waals surface area (Å²) in [5.74, 6) is -0.685. The van der Waals surface area contributed by atoms with Gasteiger partial charge in [0.2, 0.25) is 21.8 Å². The van der Waals surface area contributed by atoms with Crippen molar-refractivity contribution in [2.45, 2.75) is 64.6 Å². The summed E-state index contributed by atoms with van der Waals surface area (Å²) in [6.07, 6.45) is 6.26. The zero-order chi connectivity index (χ0) is 25.6. The molecule has 35 heavy (non-hydrogen) atoms. The van der Waals surface area contributed by atoms with Crippen LogP contribution < -0.4 is 9.62 Å². The normalized spacial score (nSPS) is 15.3. The van der Waals surface area contributed by atoms with Crippen LogP contribution in [0.4, 0.5) is 5.69 Å². The average molecular weight is 520 g/mol. The lowest BCUT2D eigenvalue weighted by Crippen LogP contribution is -2.53. The molecule has 0 heterocycles. The van der Waals surface area contributed by atoms with E-state index >= 15 is 0 Å². The van der Waals surface area contributed by atoms with Gasteiger partial charge >= 0.3 is 0 Å². The maximum atomic E-state index is 13.6. The van der Waals surface area contributed by atoms with Crippen LogP contribution in [0.15, 0.2) is 48.5 Å². The first-order valence-electron chi connectivity index (χ1n) is 11.9. The van der Waals surface area contributed by atoms with Crippen molar-refractivity contribution in [3.05, 3.63) is 64.7 Å². The highest BCUT2D eigenvalue weighted by Crippen LogP contribution is 2.26. The molecular formula is C26H34ClN3O4S. The van der Waals surface area contributed by atoms with E-state index in [1.807, 2.05) is 30.3 Å². The largest absolute Gasteiger partial charge is 0.352 e. The Kier molecular flexibility index (Phi) is 9.19. The second kappa shape index (κ2) is 11.9. The number of carbonyl (C=O) groups is 2. The molecule has 9 heteroatoms. The first-order chi connectivity index (χ1) is 16.6. The minimum Gasteiger partial charge on any atom is -0.352 e. The third-order valence-electron chi connectivity index (χ3n) is 6.42. The lowest BCUT2D eigenvalue weighted by Gasteiger charge is -2.33. The van der Waals surface area contributed by atoms with Crippen LogP contribution in [0.3, 0.4) is 0 Å². The molecule has 190 valence electrons. The molecule has 2 aromatic carbocycles. The Labute approximate surface area is 213 Å². The maximum absolute atomic E-state index is 13.6. The second-order valence-electron chi connectivity index (χ2n) is 9.23. The summed E-state index contributed by atoms with van der Waals surface area (Å²) < 4.78 is 26.5. The number of nitrogens with one attached hydrogen (secondary N) is 1. The van der Waals surface area contributed by atoms with Gasteiger partial charge in [-0.2, -0.15) is 0 Å². The van der Waals surface area contributed by atoms with E-state index in [1.165, 1.54) is 11.3 Å². The first-order valence-corrected chi connectivity index (χ1v) is 14.2. The average Bonchev–Trinajstić information content (AvgIpc) is 2.81. The molecule has 7 nitrogen and oxygen atoms in total. The highest BCUT2D eigenvalue weighted by Gasteiger charge is 2.31. The summed E-state index contributed by atoms with van der Waals surface area (Å²) in [6, 6.07) is 13.5. The third kappa shape index (κ3) is 7.45. The fourth-order valence-corrected chi connectivity index (χ4v) is 5.56. The van der Waals surface area contributed by atoms with E-state index in [-0.39, 0.29) is 18.5 Å². The Hall–Kier alpha value is -2.58.